The molecular formula is C14H22N4O2. The number of oxime groups is 1. The van der Waals surface area contributed by atoms with Crippen molar-refractivity contribution in [3.63, 3.8) is 0 Å². The maximum Gasteiger partial charge on any atom is 0.272 e. The van der Waals surface area contributed by atoms with Gasteiger partial charge in [-0.25, -0.2) is 0 Å². The van der Waals surface area contributed by atoms with E-state index in [2.05, 4.69) is 10.3 Å². The van der Waals surface area contributed by atoms with Gasteiger partial charge >= 0.3 is 0 Å². The molecule has 1 aliphatic heterocycles. The summed E-state index contributed by atoms with van der Waals surface area (Å²) in [5, 5.41) is 16.7. The molecule has 1 N–H and O–H groups in total. The van der Waals surface area contributed by atoms with Gasteiger partial charge in [0.1, 0.15) is 5.69 Å². The Morgan fingerprint density at radius 1 is 1.55 bits per heavy atom. The first-order valence-electron chi connectivity index (χ1n) is 7.13. The molecule has 0 radical (unpaired) electrons. The van der Waals surface area contributed by atoms with Gasteiger partial charge in [-0.2, -0.15) is 5.10 Å². The van der Waals surface area contributed by atoms with Gasteiger partial charge < -0.3 is 10.1 Å². The van der Waals surface area contributed by atoms with Crippen molar-refractivity contribution in [2.24, 2.45) is 18.1 Å². The molecule has 0 bridgehead atoms. The van der Waals surface area contributed by atoms with E-state index in [1.165, 1.54) is 0 Å². The van der Waals surface area contributed by atoms with Crippen LogP contribution in [0.1, 0.15) is 42.9 Å². The smallest absolute Gasteiger partial charge is 0.272 e. The van der Waals surface area contributed by atoms with Gasteiger partial charge in [0.2, 0.25) is 0 Å². The zero-order chi connectivity index (χ0) is 14.7. The molecule has 1 fully saturated rings. The van der Waals surface area contributed by atoms with Gasteiger partial charge in [-0.05, 0) is 18.9 Å². The number of carbonyl (C=O) groups is 1. The summed E-state index contributed by atoms with van der Waals surface area (Å²) in [6.07, 6.45) is 2.33. The lowest BCUT2D eigenvalue weighted by molar-refractivity contribution is 0.0718. The van der Waals surface area contributed by atoms with Gasteiger partial charge in [-0.1, -0.05) is 19.0 Å². The minimum Gasteiger partial charge on any atom is -0.411 e. The molecule has 0 aromatic carbocycles. The second-order valence-electron chi connectivity index (χ2n) is 5.20. The Hall–Kier alpha value is -1.85. The highest BCUT2D eigenvalue weighted by Gasteiger charge is 2.29. The molecular weight excluding hydrogens is 256 g/mol. The molecule has 1 aromatic rings. The molecule has 110 valence electrons. The Bertz CT molecular complexity index is 521. The average Bonchev–Trinajstić information content (AvgIpc) is 2.86. The van der Waals surface area contributed by atoms with E-state index < -0.39 is 0 Å². The summed E-state index contributed by atoms with van der Waals surface area (Å²) in [7, 11) is 1.80. The summed E-state index contributed by atoms with van der Waals surface area (Å²) in [4.78, 5) is 14.4. The first-order valence-corrected chi connectivity index (χ1v) is 7.13. The highest BCUT2D eigenvalue weighted by atomic mass is 16.4. The minimum atomic E-state index is 0.00939. The van der Waals surface area contributed by atoms with Crippen LogP contribution in [0.4, 0.5) is 0 Å². The molecule has 2 heterocycles. The summed E-state index contributed by atoms with van der Waals surface area (Å²) in [5.41, 5.74) is 2.36. The van der Waals surface area contributed by atoms with Gasteiger partial charge in [0.05, 0.1) is 11.4 Å². The number of likely N-dealkylation sites (tertiary alicyclic amines) is 1. The van der Waals surface area contributed by atoms with Crippen molar-refractivity contribution in [2.75, 3.05) is 13.1 Å². The monoisotopic (exact) mass is 278 g/mol. The van der Waals surface area contributed by atoms with Crippen molar-refractivity contribution in [3.05, 3.63) is 17.5 Å². The number of aromatic nitrogens is 2. The Morgan fingerprint density at radius 2 is 2.30 bits per heavy atom. The lowest BCUT2D eigenvalue weighted by Gasteiger charge is -2.32. The fourth-order valence-corrected chi connectivity index (χ4v) is 2.66. The molecule has 2 rings (SSSR count). The summed E-state index contributed by atoms with van der Waals surface area (Å²) >= 11 is 0. The van der Waals surface area contributed by atoms with Crippen LogP contribution in [0.3, 0.4) is 0 Å². The molecule has 6 nitrogen and oxygen atoms in total. The van der Waals surface area contributed by atoms with Crippen LogP contribution in [-0.4, -0.2) is 44.6 Å². The molecule has 0 aliphatic carbocycles. The average molecular weight is 278 g/mol. The number of nitrogens with zero attached hydrogens (tertiary/aromatic N) is 4. The van der Waals surface area contributed by atoms with Crippen molar-refractivity contribution < 1.29 is 10.0 Å². The Kier molecular flexibility index (Phi) is 4.42. The van der Waals surface area contributed by atoms with E-state index in [9.17, 15) is 4.79 Å². The van der Waals surface area contributed by atoms with Crippen molar-refractivity contribution >= 4 is 11.6 Å². The van der Waals surface area contributed by atoms with Crippen LogP contribution < -0.4 is 0 Å². The zero-order valence-electron chi connectivity index (χ0n) is 12.3. The standard InChI is InChI=1S/C14H22N4O2/c1-4-10-9-18(7-6-12(10)16-20)14(19)13-8-11(5-2)15-17(13)3/h8,10,20H,4-7,9H2,1-3H3. The van der Waals surface area contributed by atoms with E-state index in [1.807, 2.05) is 24.8 Å². The SMILES string of the molecule is CCc1cc(C(=O)N2CCC(=NO)C(CC)C2)n(C)n1. The van der Waals surface area contributed by atoms with E-state index >= 15 is 0 Å². The predicted octanol–water partition coefficient (Wildman–Crippen LogP) is 1.68. The number of rotatable bonds is 3. The lowest BCUT2D eigenvalue weighted by atomic mass is 9.93. The number of amides is 1. The van der Waals surface area contributed by atoms with Gasteiger partial charge in [0, 0.05) is 32.5 Å². The second kappa shape index (κ2) is 6.07. The van der Waals surface area contributed by atoms with Crippen LogP contribution in [-0.2, 0) is 13.5 Å². The quantitative estimate of drug-likeness (QED) is 0.675. The van der Waals surface area contributed by atoms with Gasteiger partial charge in [0.25, 0.3) is 5.91 Å². The number of hydrogen-bond acceptors (Lipinski definition) is 4. The zero-order valence-corrected chi connectivity index (χ0v) is 12.3. The largest absolute Gasteiger partial charge is 0.411 e. The van der Waals surface area contributed by atoms with Gasteiger partial charge in [-0.3, -0.25) is 9.48 Å². The van der Waals surface area contributed by atoms with E-state index in [0.717, 1.165) is 24.2 Å². The summed E-state index contributed by atoms with van der Waals surface area (Å²) in [5.74, 6) is 0.159. The lowest BCUT2D eigenvalue weighted by Crippen LogP contribution is -2.44. The summed E-state index contributed by atoms with van der Waals surface area (Å²) in [6, 6.07) is 1.86. The summed E-state index contributed by atoms with van der Waals surface area (Å²) < 4.78 is 1.65. The molecule has 1 unspecified atom stereocenters. The van der Waals surface area contributed by atoms with Crippen LogP contribution in [0.5, 0.6) is 0 Å². The normalized spacial score (nSPS) is 21.4. The Labute approximate surface area is 119 Å². The van der Waals surface area contributed by atoms with E-state index in [0.29, 0.717) is 25.2 Å². The van der Waals surface area contributed by atoms with Crippen LogP contribution in [0.2, 0.25) is 0 Å². The van der Waals surface area contributed by atoms with Crippen LogP contribution >= 0.6 is 0 Å². The van der Waals surface area contributed by atoms with Crippen molar-refractivity contribution in [3.8, 4) is 0 Å². The number of carbonyl (C=O) groups excluding carboxylic acids is 1. The van der Waals surface area contributed by atoms with Gasteiger partial charge in [0.15, 0.2) is 0 Å². The Morgan fingerprint density at radius 3 is 2.85 bits per heavy atom. The van der Waals surface area contributed by atoms with Crippen LogP contribution in [0, 0.1) is 5.92 Å². The second-order valence-corrected chi connectivity index (χ2v) is 5.20. The van der Waals surface area contributed by atoms with Gasteiger partial charge in [-0.15, -0.1) is 0 Å². The van der Waals surface area contributed by atoms with Crippen LogP contribution in [0.15, 0.2) is 11.2 Å². The number of piperidine rings is 1. The molecule has 20 heavy (non-hydrogen) atoms. The van der Waals surface area contributed by atoms with E-state index in [4.69, 9.17) is 5.21 Å². The minimum absolute atomic E-state index is 0.00939. The molecule has 6 heteroatoms. The number of hydrogen-bond donors (Lipinski definition) is 1. The highest BCUT2D eigenvalue weighted by Crippen LogP contribution is 2.19. The van der Waals surface area contributed by atoms with Crippen molar-refractivity contribution in [1.82, 2.24) is 14.7 Å². The third kappa shape index (κ3) is 2.69. The van der Waals surface area contributed by atoms with Crippen LogP contribution in [0.25, 0.3) is 0 Å². The maximum atomic E-state index is 12.6. The number of aryl methyl sites for hydroxylation is 2. The first kappa shape index (κ1) is 14.6. The van der Waals surface area contributed by atoms with Crippen molar-refractivity contribution in [1.29, 1.82) is 0 Å². The molecule has 1 saturated heterocycles. The fraction of sp³-hybridized carbons (Fsp3) is 0.643. The first-order chi connectivity index (χ1) is 9.60. The molecule has 1 aromatic heterocycles. The summed E-state index contributed by atoms with van der Waals surface area (Å²) in [6.45, 7) is 5.28. The topological polar surface area (TPSA) is 70.7 Å². The highest BCUT2D eigenvalue weighted by molar-refractivity contribution is 5.95. The van der Waals surface area contributed by atoms with E-state index in [-0.39, 0.29) is 11.8 Å². The third-order valence-corrected chi connectivity index (χ3v) is 3.97. The maximum absolute atomic E-state index is 12.6. The van der Waals surface area contributed by atoms with E-state index in [1.54, 1.807) is 11.7 Å². The molecule has 1 aliphatic rings. The molecule has 0 spiro atoms. The van der Waals surface area contributed by atoms with Crippen molar-refractivity contribution in [2.45, 2.75) is 33.1 Å². The molecule has 1 atom stereocenters. The Balaban J connectivity index is 2.15. The fourth-order valence-electron chi connectivity index (χ4n) is 2.66. The molecule has 1 amide bonds. The predicted molar refractivity (Wildman–Crippen MR) is 76.1 cm³/mol. The molecule has 0 saturated carbocycles. The third-order valence-electron chi connectivity index (χ3n) is 3.97.